The van der Waals surface area contributed by atoms with Crippen molar-refractivity contribution in [3.63, 3.8) is 0 Å². The molecule has 0 saturated heterocycles. The van der Waals surface area contributed by atoms with Gasteiger partial charge in [0, 0.05) is 11.8 Å². The summed E-state index contributed by atoms with van der Waals surface area (Å²) in [6.45, 7) is 7.16. The van der Waals surface area contributed by atoms with Crippen molar-refractivity contribution < 1.29 is 9.59 Å². The molecule has 1 atom stereocenters. The fourth-order valence-corrected chi connectivity index (χ4v) is 3.59. The molecule has 4 nitrogen and oxygen atoms in total. The second-order valence-corrected chi connectivity index (χ2v) is 7.47. The van der Waals surface area contributed by atoms with E-state index in [4.69, 9.17) is 0 Å². The first-order valence-corrected chi connectivity index (χ1v) is 8.59. The summed E-state index contributed by atoms with van der Waals surface area (Å²) in [6.07, 6.45) is 0. The molecule has 0 bridgehead atoms. The van der Waals surface area contributed by atoms with E-state index in [-0.39, 0.29) is 16.9 Å². The molecule has 22 heavy (non-hydrogen) atoms. The maximum absolute atomic E-state index is 12.2. The number of aromatic nitrogens is 1. The van der Waals surface area contributed by atoms with Crippen LogP contribution in [-0.4, -0.2) is 21.9 Å². The largest absolute Gasteiger partial charge is 0.301 e. The van der Waals surface area contributed by atoms with Crippen molar-refractivity contribution in [2.75, 3.05) is 5.32 Å². The van der Waals surface area contributed by atoms with Crippen LogP contribution in [0.4, 0.5) is 5.13 Å². The van der Waals surface area contributed by atoms with Gasteiger partial charge in [-0.15, -0.1) is 11.8 Å². The maximum Gasteiger partial charge on any atom is 0.239 e. The summed E-state index contributed by atoms with van der Waals surface area (Å²) in [5, 5.41) is 3.02. The molecule has 0 fully saturated rings. The van der Waals surface area contributed by atoms with Gasteiger partial charge in [0.15, 0.2) is 10.9 Å². The summed E-state index contributed by atoms with van der Waals surface area (Å²) in [6, 6.07) is 8.06. The molecule has 2 rings (SSSR count). The number of ketones is 1. The number of Topliss-reactive ketones (excluding diaryl/α,β-unsaturated/α-hetero) is 1. The minimum atomic E-state index is -0.243. The Morgan fingerprint density at radius 3 is 2.41 bits per heavy atom. The normalized spacial score (nSPS) is 12.0. The summed E-state index contributed by atoms with van der Waals surface area (Å²) in [4.78, 5) is 29.5. The summed E-state index contributed by atoms with van der Waals surface area (Å²) in [5.41, 5.74) is 1.85. The smallest absolute Gasteiger partial charge is 0.239 e. The lowest BCUT2D eigenvalue weighted by Gasteiger charge is -2.10. The SMILES string of the molecule is CC(=O)c1sc(NC(=O)[C@@H](C)Sc2ccc(C)cc2)nc1C. The van der Waals surface area contributed by atoms with Gasteiger partial charge in [0.05, 0.1) is 15.8 Å². The number of carbonyl (C=O) groups is 2. The van der Waals surface area contributed by atoms with Crippen molar-refractivity contribution in [1.82, 2.24) is 4.98 Å². The second kappa shape index (κ2) is 7.07. The lowest BCUT2D eigenvalue weighted by Crippen LogP contribution is -2.22. The van der Waals surface area contributed by atoms with Crippen LogP contribution in [0.3, 0.4) is 0 Å². The van der Waals surface area contributed by atoms with Crippen LogP contribution in [0.5, 0.6) is 0 Å². The fourth-order valence-electron chi connectivity index (χ4n) is 1.86. The van der Waals surface area contributed by atoms with Gasteiger partial charge in [-0.3, -0.25) is 9.59 Å². The zero-order valence-electron chi connectivity index (χ0n) is 13.0. The minimum Gasteiger partial charge on any atom is -0.301 e. The summed E-state index contributed by atoms with van der Waals surface area (Å²) in [5.74, 6) is -0.146. The number of aryl methyl sites for hydroxylation is 2. The van der Waals surface area contributed by atoms with Gasteiger partial charge in [-0.05, 0) is 32.9 Å². The first kappa shape index (κ1) is 16.7. The van der Waals surface area contributed by atoms with Crippen molar-refractivity contribution >= 4 is 39.9 Å². The van der Waals surface area contributed by atoms with Crippen molar-refractivity contribution in [3.05, 3.63) is 40.4 Å². The Labute approximate surface area is 138 Å². The van der Waals surface area contributed by atoms with Crippen LogP contribution >= 0.6 is 23.1 Å². The van der Waals surface area contributed by atoms with Crippen molar-refractivity contribution in [1.29, 1.82) is 0 Å². The molecular weight excluding hydrogens is 316 g/mol. The Hall–Kier alpha value is -1.66. The lowest BCUT2D eigenvalue weighted by atomic mass is 10.2. The van der Waals surface area contributed by atoms with Crippen LogP contribution in [0, 0.1) is 13.8 Å². The highest BCUT2D eigenvalue weighted by molar-refractivity contribution is 8.00. The summed E-state index contributed by atoms with van der Waals surface area (Å²) >= 11 is 2.71. The number of carbonyl (C=O) groups excluding carboxylic acids is 2. The number of thioether (sulfide) groups is 1. The Kier molecular flexibility index (Phi) is 5.37. The van der Waals surface area contributed by atoms with Crippen molar-refractivity contribution in [2.24, 2.45) is 0 Å². The van der Waals surface area contributed by atoms with E-state index in [2.05, 4.69) is 10.3 Å². The Morgan fingerprint density at radius 2 is 1.86 bits per heavy atom. The van der Waals surface area contributed by atoms with E-state index < -0.39 is 0 Å². The zero-order valence-corrected chi connectivity index (χ0v) is 14.6. The van der Waals surface area contributed by atoms with E-state index >= 15 is 0 Å². The molecule has 0 unspecified atom stereocenters. The van der Waals surface area contributed by atoms with Crippen LogP contribution in [0.15, 0.2) is 29.2 Å². The number of benzene rings is 1. The average Bonchev–Trinajstić information content (AvgIpc) is 2.82. The van der Waals surface area contributed by atoms with Crippen molar-refractivity contribution in [2.45, 2.75) is 37.8 Å². The van der Waals surface area contributed by atoms with E-state index in [0.717, 1.165) is 4.90 Å². The molecule has 0 aliphatic heterocycles. The monoisotopic (exact) mass is 334 g/mol. The van der Waals surface area contributed by atoms with E-state index in [1.54, 1.807) is 6.92 Å². The van der Waals surface area contributed by atoms with Gasteiger partial charge >= 0.3 is 0 Å². The van der Waals surface area contributed by atoms with E-state index in [9.17, 15) is 9.59 Å². The van der Waals surface area contributed by atoms with Gasteiger partial charge < -0.3 is 5.32 Å². The highest BCUT2D eigenvalue weighted by Crippen LogP contribution is 2.26. The molecular formula is C16H18N2O2S2. The second-order valence-electron chi connectivity index (χ2n) is 5.05. The first-order valence-electron chi connectivity index (χ1n) is 6.89. The van der Waals surface area contributed by atoms with Crippen molar-refractivity contribution in [3.8, 4) is 0 Å². The van der Waals surface area contributed by atoms with Crippen LogP contribution in [-0.2, 0) is 4.79 Å². The Morgan fingerprint density at radius 1 is 1.23 bits per heavy atom. The third-order valence-electron chi connectivity index (χ3n) is 3.05. The van der Waals surface area contributed by atoms with E-state index in [1.165, 1.54) is 35.6 Å². The Balaban J connectivity index is 2.00. The molecule has 1 amide bonds. The molecule has 0 saturated carbocycles. The predicted octanol–water partition coefficient (Wildman–Crippen LogP) is 4.08. The van der Waals surface area contributed by atoms with E-state index in [0.29, 0.717) is 15.7 Å². The van der Waals surface area contributed by atoms with Crippen LogP contribution in [0.1, 0.15) is 34.8 Å². The molecule has 0 aliphatic carbocycles. The molecule has 1 aromatic heterocycles. The molecule has 0 aliphatic rings. The lowest BCUT2D eigenvalue weighted by molar-refractivity contribution is -0.115. The molecule has 6 heteroatoms. The molecule has 1 aromatic carbocycles. The number of hydrogen-bond donors (Lipinski definition) is 1. The fraction of sp³-hybridized carbons (Fsp3) is 0.312. The van der Waals surface area contributed by atoms with Gasteiger partial charge in [-0.2, -0.15) is 0 Å². The number of nitrogens with zero attached hydrogens (tertiary/aromatic N) is 1. The van der Waals surface area contributed by atoms with Crippen LogP contribution < -0.4 is 5.32 Å². The maximum atomic E-state index is 12.2. The van der Waals surface area contributed by atoms with Gasteiger partial charge in [0.2, 0.25) is 5.91 Å². The number of thiazole rings is 1. The summed E-state index contributed by atoms with van der Waals surface area (Å²) < 4.78 is 0. The Bertz CT molecular complexity index is 693. The number of rotatable bonds is 5. The third kappa shape index (κ3) is 4.18. The van der Waals surface area contributed by atoms with Gasteiger partial charge in [0.1, 0.15) is 0 Å². The molecule has 1 N–H and O–H groups in total. The third-order valence-corrected chi connectivity index (χ3v) is 5.34. The van der Waals surface area contributed by atoms with Crippen LogP contribution in [0.2, 0.25) is 0 Å². The number of anilines is 1. The summed E-state index contributed by atoms with van der Waals surface area (Å²) in [7, 11) is 0. The van der Waals surface area contributed by atoms with Crippen LogP contribution in [0.25, 0.3) is 0 Å². The average molecular weight is 334 g/mol. The molecule has 0 radical (unpaired) electrons. The van der Waals surface area contributed by atoms with Gasteiger partial charge in [-0.25, -0.2) is 4.98 Å². The van der Waals surface area contributed by atoms with Gasteiger partial charge in [-0.1, -0.05) is 29.0 Å². The zero-order chi connectivity index (χ0) is 16.3. The number of nitrogens with one attached hydrogen (secondary N) is 1. The quantitative estimate of drug-likeness (QED) is 0.661. The molecule has 2 aromatic rings. The highest BCUT2D eigenvalue weighted by atomic mass is 32.2. The first-order chi connectivity index (χ1) is 10.4. The topological polar surface area (TPSA) is 59.1 Å². The standard InChI is InChI=1S/C16H18N2O2S2/c1-9-5-7-13(8-6-9)21-12(4)15(20)18-16-17-10(2)14(22-16)11(3)19/h5-8,12H,1-4H3,(H,17,18,20)/t12-/m1/s1. The molecule has 0 spiro atoms. The molecule has 1 heterocycles. The molecule has 116 valence electrons. The number of hydrogen-bond acceptors (Lipinski definition) is 5. The minimum absolute atomic E-state index is 0.0300. The highest BCUT2D eigenvalue weighted by Gasteiger charge is 2.18. The van der Waals surface area contributed by atoms with E-state index in [1.807, 2.05) is 38.1 Å². The van der Waals surface area contributed by atoms with Gasteiger partial charge in [0.25, 0.3) is 0 Å². The number of amides is 1. The predicted molar refractivity (Wildman–Crippen MR) is 92.0 cm³/mol.